The van der Waals surface area contributed by atoms with E-state index in [1.165, 1.54) is 6.07 Å². The van der Waals surface area contributed by atoms with Crippen molar-refractivity contribution in [2.45, 2.75) is 13.5 Å². The van der Waals surface area contributed by atoms with Crippen LogP contribution in [-0.4, -0.2) is 9.91 Å². The third-order valence-corrected chi connectivity index (χ3v) is 3.28. The van der Waals surface area contributed by atoms with Gasteiger partial charge in [0.2, 0.25) is 0 Å². The third kappa shape index (κ3) is 2.57. The molecule has 6 nitrogen and oxygen atoms in total. The summed E-state index contributed by atoms with van der Waals surface area (Å²) in [5, 5.41) is 14.9. The second kappa shape index (κ2) is 5.01. The van der Waals surface area contributed by atoms with Crippen LogP contribution >= 0.6 is 11.3 Å². The van der Waals surface area contributed by atoms with Crippen molar-refractivity contribution < 1.29 is 4.92 Å². The van der Waals surface area contributed by atoms with Crippen molar-refractivity contribution in [3.63, 3.8) is 0 Å². The number of nitrogens with one attached hydrogen (secondary N) is 1. The largest absolute Gasteiger partial charge is 0.393 e. The molecule has 0 aliphatic heterocycles. The number of nitro groups is 1. The number of aryl methyl sites for hydroxylation is 1. The molecule has 0 unspecified atom stereocenters. The fraction of sp³-hybridized carbons (Fsp3) is 0.182. The van der Waals surface area contributed by atoms with Gasteiger partial charge in [0.1, 0.15) is 11.4 Å². The Labute approximate surface area is 108 Å². The number of nitrogens with two attached hydrogens (primary N) is 1. The van der Waals surface area contributed by atoms with Crippen LogP contribution in [0.1, 0.15) is 9.88 Å². The number of benzene rings is 1. The summed E-state index contributed by atoms with van der Waals surface area (Å²) < 4.78 is 0. The number of nitrogens with zero attached hydrogens (tertiary/aromatic N) is 2. The summed E-state index contributed by atoms with van der Waals surface area (Å²) in [6.07, 6.45) is 1.76. The number of hydrogen-bond acceptors (Lipinski definition) is 6. The van der Waals surface area contributed by atoms with Crippen molar-refractivity contribution in [1.29, 1.82) is 0 Å². The van der Waals surface area contributed by atoms with Crippen molar-refractivity contribution in [2.75, 3.05) is 11.1 Å². The Morgan fingerprint density at radius 3 is 2.94 bits per heavy atom. The molecule has 0 aliphatic carbocycles. The molecule has 94 valence electrons. The van der Waals surface area contributed by atoms with Gasteiger partial charge in [-0.25, -0.2) is 4.98 Å². The Morgan fingerprint density at radius 2 is 2.33 bits per heavy atom. The van der Waals surface area contributed by atoms with Crippen molar-refractivity contribution >= 4 is 28.4 Å². The highest BCUT2D eigenvalue weighted by Crippen LogP contribution is 2.30. The second-order valence-electron chi connectivity index (χ2n) is 3.70. The predicted octanol–water partition coefficient (Wildman–Crippen LogP) is 2.55. The second-order valence-corrected chi connectivity index (χ2v) is 5.02. The highest BCUT2D eigenvalue weighted by atomic mass is 32.1. The van der Waals surface area contributed by atoms with E-state index in [4.69, 9.17) is 5.73 Å². The molecule has 1 aromatic carbocycles. The number of hydrogen-bond donors (Lipinski definition) is 2. The zero-order valence-electron chi connectivity index (χ0n) is 9.71. The molecule has 0 spiro atoms. The Bertz CT molecular complexity index is 582. The van der Waals surface area contributed by atoms with Gasteiger partial charge in [0.25, 0.3) is 0 Å². The van der Waals surface area contributed by atoms with E-state index in [9.17, 15) is 10.1 Å². The normalized spacial score (nSPS) is 10.3. The van der Waals surface area contributed by atoms with Crippen molar-refractivity contribution in [2.24, 2.45) is 0 Å². The molecule has 7 heteroatoms. The first-order valence-electron chi connectivity index (χ1n) is 5.26. The summed E-state index contributed by atoms with van der Waals surface area (Å²) >= 11 is 1.55. The molecule has 0 saturated heterocycles. The first kappa shape index (κ1) is 12.3. The lowest BCUT2D eigenvalue weighted by Gasteiger charge is -2.06. The monoisotopic (exact) mass is 264 g/mol. The number of rotatable bonds is 4. The molecule has 0 radical (unpaired) electrons. The maximum atomic E-state index is 10.9. The van der Waals surface area contributed by atoms with Crippen LogP contribution in [0.2, 0.25) is 0 Å². The van der Waals surface area contributed by atoms with Gasteiger partial charge >= 0.3 is 5.69 Å². The third-order valence-electron chi connectivity index (χ3n) is 2.37. The van der Waals surface area contributed by atoms with E-state index in [1.54, 1.807) is 29.7 Å². The van der Waals surface area contributed by atoms with Gasteiger partial charge in [-0.2, -0.15) is 0 Å². The van der Waals surface area contributed by atoms with Crippen LogP contribution in [0.5, 0.6) is 0 Å². The number of para-hydroxylation sites is 1. The van der Waals surface area contributed by atoms with Crippen LogP contribution in [0.3, 0.4) is 0 Å². The molecule has 0 atom stereocenters. The van der Waals surface area contributed by atoms with Crippen molar-refractivity contribution in [3.05, 3.63) is 44.4 Å². The Kier molecular flexibility index (Phi) is 3.42. The quantitative estimate of drug-likeness (QED) is 0.502. The van der Waals surface area contributed by atoms with Gasteiger partial charge < -0.3 is 11.1 Å². The molecule has 2 aromatic rings. The SMILES string of the molecule is Cc1ncc(CNc2cccc(N)c2[N+](=O)[O-])s1. The zero-order chi connectivity index (χ0) is 13.1. The summed E-state index contributed by atoms with van der Waals surface area (Å²) in [5.74, 6) is 0. The molecule has 0 amide bonds. The summed E-state index contributed by atoms with van der Waals surface area (Å²) in [6.45, 7) is 2.41. The average Bonchev–Trinajstić information content (AvgIpc) is 2.72. The lowest BCUT2D eigenvalue weighted by atomic mass is 10.2. The number of nitro benzene ring substituents is 1. The fourth-order valence-corrected chi connectivity index (χ4v) is 2.31. The number of aromatic nitrogens is 1. The van der Waals surface area contributed by atoms with Crippen molar-refractivity contribution in [1.82, 2.24) is 4.98 Å². The zero-order valence-corrected chi connectivity index (χ0v) is 10.5. The molecular formula is C11H12N4O2S. The van der Waals surface area contributed by atoms with E-state index < -0.39 is 4.92 Å². The maximum absolute atomic E-state index is 10.9. The van der Waals surface area contributed by atoms with Crippen molar-refractivity contribution in [3.8, 4) is 0 Å². The smallest absolute Gasteiger partial charge is 0.314 e. The van der Waals surface area contributed by atoms with Gasteiger partial charge in [-0.15, -0.1) is 11.3 Å². The van der Waals surface area contributed by atoms with E-state index >= 15 is 0 Å². The number of nitrogen functional groups attached to an aromatic ring is 1. The lowest BCUT2D eigenvalue weighted by Crippen LogP contribution is -2.03. The summed E-state index contributed by atoms with van der Waals surface area (Å²) in [4.78, 5) is 15.6. The molecule has 2 rings (SSSR count). The molecule has 3 N–H and O–H groups in total. The van der Waals surface area contributed by atoms with Gasteiger partial charge in [-0.05, 0) is 19.1 Å². The minimum absolute atomic E-state index is 0.0845. The average molecular weight is 264 g/mol. The van der Waals surface area contributed by atoms with Gasteiger partial charge in [0, 0.05) is 11.1 Å². The van der Waals surface area contributed by atoms with E-state index in [2.05, 4.69) is 10.3 Å². The summed E-state index contributed by atoms with van der Waals surface area (Å²) in [5.41, 5.74) is 6.10. The summed E-state index contributed by atoms with van der Waals surface area (Å²) in [7, 11) is 0. The van der Waals surface area contributed by atoms with Crippen LogP contribution in [0.25, 0.3) is 0 Å². The van der Waals surface area contributed by atoms with Crippen LogP contribution in [0.15, 0.2) is 24.4 Å². The first-order chi connectivity index (χ1) is 8.58. The minimum atomic E-state index is -0.477. The molecule has 18 heavy (non-hydrogen) atoms. The summed E-state index contributed by atoms with van der Waals surface area (Å²) in [6, 6.07) is 4.84. The predicted molar refractivity (Wildman–Crippen MR) is 71.7 cm³/mol. The molecule has 0 saturated carbocycles. The van der Waals surface area contributed by atoms with Crippen LogP contribution in [-0.2, 0) is 6.54 Å². The topological polar surface area (TPSA) is 94.1 Å². The Morgan fingerprint density at radius 1 is 1.56 bits per heavy atom. The Balaban J connectivity index is 2.19. The van der Waals surface area contributed by atoms with E-state index in [0.29, 0.717) is 12.2 Å². The van der Waals surface area contributed by atoms with Gasteiger partial charge in [-0.3, -0.25) is 10.1 Å². The Hall–Kier alpha value is -2.15. The van der Waals surface area contributed by atoms with E-state index in [0.717, 1.165) is 9.88 Å². The molecule has 1 aromatic heterocycles. The van der Waals surface area contributed by atoms with Gasteiger partial charge in [0.05, 0.1) is 16.5 Å². The van der Waals surface area contributed by atoms with Crippen LogP contribution in [0, 0.1) is 17.0 Å². The number of anilines is 2. The molecule has 0 fully saturated rings. The highest BCUT2D eigenvalue weighted by molar-refractivity contribution is 7.11. The molecule has 0 bridgehead atoms. The van der Waals surface area contributed by atoms with Crippen LogP contribution in [0.4, 0.5) is 17.1 Å². The fourth-order valence-electron chi connectivity index (χ4n) is 1.58. The molecular weight excluding hydrogens is 252 g/mol. The van der Waals surface area contributed by atoms with Gasteiger partial charge in [-0.1, -0.05) is 6.07 Å². The molecule has 0 aliphatic rings. The van der Waals surface area contributed by atoms with Crippen LogP contribution < -0.4 is 11.1 Å². The van der Waals surface area contributed by atoms with Gasteiger partial charge in [0.15, 0.2) is 0 Å². The van der Waals surface area contributed by atoms with E-state index in [-0.39, 0.29) is 11.4 Å². The number of thiazole rings is 1. The maximum Gasteiger partial charge on any atom is 0.314 e. The van der Waals surface area contributed by atoms with E-state index in [1.807, 2.05) is 6.92 Å². The lowest BCUT2D eigenvalue weighted by molar-refractivity contribution is -0.383. The highest BCUT2D eigenvalue weighted by Gasteiger charge is 2.17. The minimum Gasteiger partial charge on any atom is -0.393 e. The standard InChI is InChI=1S/C11H12N4O2S/c1-7-13-5-8(18-7)6-14-10-4-2-3-9(12)11(10)15(16)17/h2-5,14H,6,12H2,1H3. The first-order valence-corrected chi connectivity index (χ1v) is 6.07. The molecule has 1 heterocycles.